The lowest BCUT2D eigenvalue weighted by Gasteiger charge is -2.21. The van der Waals surface area contributed by atoms with Crippen molar-refractivity contribution in [1.82, 2.24) is 0 Å². The van der Waals surface area contributed by atoms with E-state index in [1.165, 1.54) is 24.8 Å². The summed E-state index contributed by atoms with van der Waals surface area (Å²) in [6.07, 6.45) is 7.97. The van der Waals surface area contributed by atoms with Gasteiger partial charge in [-0.25, -0.2) is 0 Å². The Kier molecular flexibility index (Phi) is 5.22. The fourth-order valence-electron chi connectivity index (χ4n) is 2.23. The lowest BCUT2D eigenvalue weighted by molar-refractivity contribution is 0.247. The molecule has 0 amide bonds. The minimum atomic E-state index is -0.852. The molecular weight excluding hydrogens is 256 g/mol. The Labute approximate surface area is 108 Å². The van der Waals surface area contributed by atoms with E-state index in [4.69, 9.17) is 4.74 Å². The molecule has 0 aromatic heterocycles. The summed E-state index contributed by atoms with van der Waals surface area (Å²) < 4.78 is 28.6. The van der Waals surface area contributed by atoms with E-state index in [1.54, 1.807) is 0 Å². The molecule has 2 fully saturated rings. The summed E-state index contributed by atoms with van der Waals surface area (Å²) in [6.45, 7) is 0.460. The maximum Gasteiger partial charge on any atom is 0.103 e. The highest BCUT2D eigenvalue weighted by molar-refractivity contribution is 7.92. The second-order valence-electron chi connectivity index (χ2n) is 4.69. The number of allylic oxidation sites excluding steroid dienone is 1. The van der Waals surface area contributed by atoms with Gasteiger partial charge in [-0.1, -0.05) is 6.42 Å². The molecule has 1 heterocycles. The van der Waals surface area contributed by atoms with Crippen molar-refractivity contribution in [3.05, 3.63) is 11.8 Å². The SMILES string of the molecule is O=S1CCS(=O)C(COC=C2CCCCC2)C1. The van der Waals surface area contributed by atoms with Crippen molar-refractivity contribution in [3.63, 3.8) is 0 Å². The van der Waals surface area contributed by atoms with Crippen LogP contribution in [0.3, 0.4) is 0 Å². The third kappa shape index (κ3) is 4.21. The molecule has 0 spiro atoms. The van der Waals surface area contributed by atoms with Gasteiger partial charge in [0, 0.05) is 38.9 Å². The van der Waals surface area contributed by atoms with Gasteiger partial charge >= 0.3 is 0 Å². The lowest BCUT2D eigenvalue weighted by atomic mass is 9.96. The van der Waals surface area contributed by atoms with Crippen molar-refractivity contribution < 1.29 is 13.2 Å². The third-order valence-corrected chi connectivity index (χ3v) is 6.84. The van der Waals surface area contributed by atoms with Crippen LogP contribution in [0.25, 0.3) is 0 Å². The number of hydrogen-bond acceptors (Lipinski definition) is 3. The highest BCUT2D eigenvalue weighted by Crippen LogP contribution is 2.22. The summed E-state index contributed by atoms with van der Waals surface area (Å²) in [5.41, 5.74) is 1.37. The van der Waals surface area contributed by atoms with Crippen LogP contribution in [-0.4, -0.2) is 37.5 Å². The first kappa shape index (κ1) is 13.3. The average molecular weight is 276 g/mol. The molecule has 98 valence electrons. The monoisotopic (exact) mass is 276 g/mol. The summed E-state index contributed by atoms with van der Waals surface area (Å²) in [4.78, 5) is 0. The van der Waals surface area contributed by atoms with Crippen molar-refractivity contribution in [1.29, 1.82) is 0 Å². The smallest absolute Gasteiger partial charge is 0.103 e. The molecule has 3 unspecified atom stereocenters. The Balaban J connectivity index is 1.76. The minimum Gasteiger partial charge on any atom is -0.500 e. The van der Waals surface area contributed by atoms with Crippen LogP contribution in [0, 0.1) is 0 Å². The van der Waals surface area contributed by atoms with E-state index in [2.05, 4.69) is 0 Å². The van der Waals surface area contributed by atoms with E-state index >= 15 is 0 Å². The highest BCUT2D eigenvalue weighted by Gasteiger charge is 2.25. The van der Waals surface area contributed by atoms with E-state index in [0.29, 0.717) is 23.9 Å². The van der Waals surface area contributed by atoms with Gasteiger partial charge < -0.3 is 4.74 Å². The van der Waals surface area contributed by atoms with Gasteiger partial charge in [-0.05, 0) is 31.3 Å². The van der Waals surface area contributed by atoms with Gasteiger partial charge in [0.05, 0.1) is 11.5 Å². The van der Waals surface area contributed by atoms with Crippen molar-refractivity contribution in [2.75, 3.05) is 23.9 Å². The van der Waals surface area contributed by atoms with Gasteiger partial charge in [0.25, 0.3) is 0 Å². The number of hydrogen-bond donors (Lipinski definition) is 0. The molecule has 2 aliphatic rings. The van der Waals surface area contributed by atoms with E-state index in [0.717, 1.165) is 12.8 Å². The lowest BCUT2D eigenvalue weighted by Crippen LogP contribution is -2.36. The van der Waals surface area contributed by atoms with E-state index in [1.807, 2.05) is 6.26 Å². The minimum absolute atomic E-state index is 0.0370. The van der Waals surface area contributed by atoms with Gasteiger partial charge in [-0.15, -0.1) is 0 Å². The fourth-order valence-corrected chi connectivity index (χ4v) is 5.93. The van der Waals surface area contributed by atoms with Crippen molar-refractivity contribution >= 4 is 21.6 Å². The predicted molar refractivity (Wildman–Crippen MR) is 71.8 cm³/mol. The van der Waals surface area contributed by atoms with Crippen LogP contribution in [0.2, 0.25) is 0 Å². The Morgan fingerprint density at radius 2 is 1.94 bits per heavy atom. The number of ether oxygens (including phenoxy) is 1. The molecule has 3 atom stereocenters. The van der Waals surface area contributed by atoms with Crippen molar-refractivity contribution in [2.24, 2.45) is 0 Å². The van der Waals surface area contributed by atoms with Crippen LogP contribution in [0.1, 0.15) is 32.1 Å². The van der Waals surface area contributed by atoms with Gasteiger partial charge in [0.2, 0.25) is 0 Å². The summed E-state index contributed by atoms with van der Waals surface area (Å²) in [6, 6.07) is 0. The average Bonchev–Trinajstić information content (AvgIpc) is 2.35. The Hall–Kier alpha value is -0.160. The second kappa shape index (κ2) is 6.69. The molecule has 0 radical (unpaired) electrons. The molecule has 0 bridgehead atoms. The third-order valence-electron chi connectivity index (χ3n) is 3.28. The summed E-state index contributed by atoms with van der Waals surface area (Å²) in [5.74, 6) is 1.69. The van der Waals surface area contributed by atoms with Gasteiger partial charge in [-0.3, -0.25) is 8.42 Å². The van der Waals surface area contributed by atoms with E-state index < -0.39 is 21.6 Å². The van der Waals surface area contributed by atoms with Crippen LogP contribution in [0.4, 0.5) is 0 Å². The zero-order chi connectivity index (χ0) is 12.1. The Morgan fingerprint density at radius 3 is 2.71 bits per heavy atom. The van der Waals surface area contributed by atoms with Gasteiger partial charge in [0.15, 0.2) is 0 Å². The molecular formula is C12H20O3S2. The molecule has 1 aliphatic carbocycles. The quantitative estimate of drug-likeness (QED) is 0.737. The molecule has 0 N–H and O–H groups in total. The molecule has 1 saturated heterocycles. The van der Waals surface area contributed by atoms with Crippen LogP contribution < -0.4 is 0 Å². The first-order chi connectivity index (χ1) is 8.25. The zero-order valence-corrected chi connectivity index (χ0v) is 11.7. The number of rotatable bonds is 3. The van der Waals surface area contributed by atoms with Crippen LogP contribution in [-0.2, 0) is 26.3 Å². The zero-order valence-electron chi connectivity index (χ0n) is 10.1. The van der Waals surface area contributed by atoms with Gasteiger partial charge in [0.1, 0.15) is 6.61 Å². The normalized spacial score (nSPS) is 34.4. The molecule has 2 rings (SSSR count). The maximum atomic E-state index is 11.7. The summed E-state index contributed by atoms with van der Waals surface area (Å²) in [5, 5.41) is -0.0370. The molecule has 5 heteroatoms. The fraction of sp³-hybridized carbons (Fsp3) is 0.833. The molecule has 0 aromatic carbocycles. The first-order valence-corrected chi connectivity index (χ1v) is 9.14. The first-order valence-electron chi connectivity index (χ1n) is 6.27. The second-order valence-corrected chi connectivity index (χ2v) is 8.15. The largest absolute Gasteiger partial charge is 0.500 e. The molecule has 1 saturated carbocycles. The van der Waals surface area contributed by atoms with E-state index in [-0.39, 0.29) is 5.25 Å². The molecule has 0 aromatic rings. The van der Waals surface area contributed by atoms with Crippen LogP contribution >= 0.6 is 0 Å². The molecule has 3 nitrogen and oxygen atoms in total. The topological polar surface area (TPSA) is 43.4 Å². The maximum absolute atomic E-state index is 11.7. The van der Waals surface area contributed by atoms with Crippen molar-refractivity contribution in [3.8, 4) is 0 Å². The molecule has 1 aliphatic heterocycles. The standard InChI is InChI=1S/C12H20O3S2/c13-16-6-7-17(14)12(10-16)9-15-8-11-4-2-1-3-5-11/h8,12H,1-7,9-10H2. The Morgan fingerprint density at radius 1 is 1.18 bits per heavy atom. The van der Waals surface area contributed by atoms with E-state index in [9.17, 15) is 8.42 Å². The Bertz CT molecular complexity index is 331. The highest BCUT2D eigenvalue weighted by atomic mass is 32.2. The molecule has 17 heavy (non-hydrogen) atoms. The van der Waals surface area contributed by atoms with Gasteiger partial charge in [-0.2, -0.15) is 0 Å². The summed E-state index contributed by atoms with van der Waals surface area (Å²) in [7, 11) is -1.65. The van der Waals surface area contributed by atoms with Crippen molar-refractivity contribution in [2.45, 2.75) is 37.4 Å². The summed E-state index contributed by atoms with van der Waals surface area (Å²) >= 11 is 0. The van der Waals surface area contributed by atoms with Crippen LogP contribution in [0.15, 0.2) is 11.8 Å². The predicted octanol–water partition coefficient (Wildman–Crippen LogP) is 1.73. The van der Waals surface area contributed by atoms with Crippen LogP contribution in [0.5, 0.6) is 0 Å².